The van der Waals surface area contributed by atoms with Gasteiger partial charge in [0.15, 0.2) is 5.78 Å². The van der Waals surface area contributed by atoms with Crippen molar-refractivity contribution in [3.8, 4) is 0 Å². The van der Waals surface area contributed by atoms with Gasteiger partial charge in [-0.05, 0) is 32.9 Å². The van der Waals surface area contributed by atoms with Gasteiger partial charge in [0.05, 0.1) is 17.6 Å². The molecule has 128 valence electrons. The molecular formula is C18H22N2O3S. The average Bonchev–Trinajstić information content (AvgIpc) is 2.86. The van der Waals surface area contributed by atoms with E-state index in [-0.39, 0.29) is 5.78 Å². The Hall–Kier alpha value is -1.82. The van der Waals surface area contributed by atoms with Crippen LogP contribution >= 0.6 is 11.8 Å². The monoisotopic (exact) mass is 346 g/mol. The zero-order valence-corrected chi connectivity index (χ0v) is 15.1. The van der Waals surface area contributed by atoms with Gasteiger partial charge in [0.2, 0.25) is 5.90 Å². The molecule has 3 rings (SSSR count). The van der Waals surface area contributed by atoms with E-state index in [1.54, 1.807) is 18.7 Å². The Morgan fingerprint density at radius 1 is 1.25 bits per heavy atom. The maximum atomic E-state index is 12.7. The fraction of sp³-hybridized carbons (Fsp3) is 0.500. The van der Waals surface area contributed by atoms with Gasteiger partial charge in [-0.15, -0.1) is 5.10 Å². The van der Waals surface area contributed by atoms with Gasteiger partial charge in [-0.2, -0.15) is 11.8 Å². The van der Waals surface area contributed by atoms with E-state index in [1.165, 1.54) is 0 Å². The normalized spacial score (nSPS) is 26.2. The Kier molecular flexibility index (Phi) is 4.42. The molecule has 2 heterocycles. The van der Waals surface area contributed by atoms with Crippen LogP contribution in [-0.2, 0) is 14.3 Å². The second kappa shape index (κ2) is 6.24. The number of hydrogen-bond acceptors (Lipinski definition) is 6. The van der Waals surface area contributed by atoms with Crippen molar-refractivity contribution in [2.45, 2.75) is 27.2 Å². The van der Waals surface area contributed by atoms with Crippen LogP contribution in [0, 0.1) is 10.8 Å². The molecule has 2 aliphatic heterocycles. The van der Waals surface area contributed by atoms with E-state index in [9.17, 15) is 9.59 Å². The van der Waals surface area contributed by atoms with Crippen LogP contribution in [0.25, 0.3) is 0 Å². The first-order valence-corrected chi connectivity index (χ1v) is 9.23. The second-order valence-corrected chi connectivity index (χ2v) is 8.23. The van der Waals surface area contributed by atoms with Crippen LogP contribution in [0.5, 0.6) is 0 Å². The number of anilines is 1. The summed E-state index contributed by atoms with van der Waals surface area (Å²) >= 11 is 1.62. The summed E-state index contributed by atoms with van der Waals surface area (Å²) in [6, 6.07) is 9.77. The van der Waals surface area contributed by atoms with Gasteiger partial charge in [-0.1, -0.05) is 18.2 Å². The van der Waals surface area contributed by atoms with Crippen molar-refractivity contribution in [1.82, 2.24) is 0 Å². The lowest BCUT2D eigenvalue weighted by Gasteiger charge is -2.30. The largest absolute Gasteiger partial charge is 0.409 e. The second-order valence-electron chi connectivity index (χ2n) is 7.13. The molecule has 0 saturated carbocycles. The third-order valence-electron chi connectivity index (χ3n) is 4.51. The van der Waals surface area contributed by atoms with Gasteiger partial charge < -0.3 is 4.74 Å². The van der Waals surface area contributed by atoms with Crippen molar-refractivity contribution in [1.29, 1.82) is 0 Å². The number of nitrogens with zero attached hydrogens (tertiary/aromatic N) is 2. The van der Waals surface area contributed by atoms with E-state index in [2.05, 4.69) is 5.10 Å². The molecule has 6 heteroatoms. The maximum Gasteiger partial charge on any atom is 0.326 e. The minimum atomic E-state index is -1.07. The Morgan fingerprint density at radius 3 is 2.62 bits per heavy atom. The molecule has 2 aliphatic rings. The molecule has 0 spiro atoms. The van der Waals surface area contributed by atoms with Crippen LogP contribution in [0.1, 0.15) is 27.2 Å². The number of ketones is 1. The van der Waals surface area contributed by atoms with Crippen LogP contribution < -0.4 is 5.01 Å². The van der Waals surface area contributed by atoms with E-state index in [0.717, 1.165) is 11.4 Å². The molecule has 0 N–H and O–H groups in total. The highest BCUT2D eigenvalue weighted by Crippen LogP contribution is 2.35. The molecule has 1 saturated heterocycles. The van der Waals surface area contributed by atoms with Crippen molar-refractivity contribution in [2.75, 3.05) is 23.1 Å². The van der Waals surface area contributed by atoms with Crippen LogP contribution in [0.4, 0.5) is 5.69 Å². The van der Waals surface area contributed by atoms with Gasteiger partial charge in [-0.25, -0.2) is 0 Å². The van der Waals surface area contributed by atoms with E-state index in [1.807, 2.05) is 49.2 Å². The molecule has 0 bridgehead atoms. The topological polar surface area (TPSA) is 59.0 Å². The van der Waals surface area contributed by atoms with Gasteiger partial charge in [0.25, 0.3) is 0 Å². The van der Waals surface area contributed by atoms with Crippen molar-refractivity contribution < 1.29 is 14.3 Å². The minimum absolute atomic E-state index is 0.0393. The van der Waals surface area contributed by atoms with Crippen LogP contribution in [0.3, 0.4) is 0 Å². The predicted molar refractivity (Wildman–Crippen MR) is 96.2 cm³/mol. The standard InChI is InChI=1S/C18H22N2O3S/c1-17(2)11-20(13-7-5-4-6-8-13)19-15(17)23-16(22)18(3)12-24-10-9-14(18)21/h4-8H,9-12H2,1-3H3. The van der Waals surface area contributed by atoms with E-state index >= 15 is 0 Å². The number of rotatable bonds is 2. The predicted octanol–water partition coefficient (Wildman–Crippen LogP) is 3.10. The fourth-order valence-corrected chi connectivity index (χ4v) is 3.96. The summed E-state index contributed by atoms with van der Waals surface area (Å²) in [4.78, 5) is 24.9. The highest BCUT2D eigenvalue weighted by molar-refractivity contribution is 7.99. The third kappa shape index (κ3) is 3.07. The molecule has 0 aliphatic carbocycles. The molecule has 1 fully saturated rings. The first kappa shape index (κ1) is 17.0. The zero-order valence-electron chi connectivity index (χ0n) is 14.2. The van der Waals surface area contributed by atoms with Crippen LogP contribution in [0.15, 0.2) is 35.4 Å². The number of ether oxygens (including phenoxy) is 1. The Balaban J connectivity index is 1.80. The SMILES string of the molecule is CC1(C)CN(c2ccccc2)N=C1OC(=O)C1(C)CSCCC1=O. The van der Waals surface area contributed by atoms with E-state index in [4.69, 9.17) is 4.74 Å². The summed E-state index contributed by atoms with van der Waals surface area (Å²) < 4.78 is 5.63. The van der Waals surface area contributed by atoms with E-state index in [0.29, 0.717) is 24.6 Å². The fourth-order valence-electron chi connectivity index (χ4n) is 2.80. The number of hydrogen-bond donors (Lipinski definition) is 0. The molecule has 1 atom stereocenters. The number of thioether (sulfide) groups is 1. The van der Waals surface area contributed by atoms with Gasteiger partial charge in [0, 0.05) is 17.9 Å². The van der Waals surface area contributed by atoms with Crippen LogP contribution in [0.2, 0.25) is 0 Å². The molecule has 0 radical (unpaired) electrons. The number of hydrazone groups is 1. The molecule has 24 heavy (non-hydrogen) atoms. The van der Waals surface area contributed by atoms with Crippen molar-refractivity contribution >= 4 is 35.1 Å². The minimum Gasteiger partial charge on any atom is -0.409 e. The Bertz CT molecular complexity index is 687. The number of carbonyl (C=O) groups is 2. The van der Waals surface area contributed by atoms with Gasteiger partial charge >= 0.3 is 5.97 Å². The van der Waals surface area contributed by atoms with Gasteiger partial charge in [0.1, 0.15) is 5.41 Å². The molecule has 1 aromatic carbocycles. The Labute approximate surface area is 146 Å². The number of Topliss-reactive ketones (excluding diaryl/α,β-unsaturated/α-hetero) is 1. The molecule has 5 nitrogen and oxygen atoms in total. The molecule has 0 amide bonds. The maximum absolute atomic E-state index is 12.7. The summed E-state index contributed by atoms with van der Waals surface area (Å²) in [7, 11) is 0. The smallest absolute Gasteiger partial charge is 0.326 e. The summed E-state index contributed by atoms with van der Waals surface area (Å²) in [6.07, 6.45) is 0.419. The lowest BCUT2D eigenvalue weighted by Crippen LogP contribution is -2.45. The third-order valence-corrected chi connectivity index (χ3v) is 5.78. The summed E-state index contributed by atoms with van der Waals surface area (Å²) in [6.45, 7) is 6.28. The number of benzene rings is 1. The van der Waals surface area contributed by atoms with E-state index < -0.39 is 16.8 Å². The summed E-state index contributed by atoms with van der Waals surface area (Å²) in [5, 5.41) is 6.33. The summed E-state index contributed by atoms with van der Waals surface area (Å²) in [5.41, 5.74) is -0.513. The average molecular weight is 346 g/mol. The first-order valence-electron chi connectivity index (χ1n) is 8.08. The Morgan fingerprint density at radius 2 is 1.96 bits per heavy atom. The molecule has 1 aromatic rings. The van der Waals surface area contributed by atoms with Crippen LogP contribution in [-0.4, -0.2) is 35.7 Å². The molecule has 0 aromatic heterocycles. The van der Waals surface area contributed by atoms with Crippen molar-refractivity contribution in [3.05, 3.63) is 30.3 Å². The summed E-state index contributed by atoms with van der Waals surface area (Å²) in [5.74, 6) is 1.10. The highest BCUT2D eigenvalue weighted by Gasteiger charge is 2.47. The lowest BCUT2D eigenvalue weighted by atomic mass is 9.86. The molecular weight excluding hydrogens is 324 g/mol. The highest BCUT2D eigenvalue weighted by atomic mass is 32.2. The lowest BCUT2D eigenvalue weighted by molar-refractivity contribution is -0.151. The van der Waals surface area contributed by atoms with Crippen molar-refractivity contribution in [3.63, 3.8) is 0 Å². The van der Waals surface area contributed by atoms with Gasteiger partial charge in [-0.3, -0.25) is 14.6 Å². The molecule has 1 unspecified atom stereocenters. The first-order chi connectivity index (χ1) is 11.3. The number of carbonyl (C=O) groups excluding carboxylic acids is 2. The number of esters is 1. The number of para-hydroxylation sites is 1. The quantitative estimate of drug-likeness (QED) is 0.608. The van der Waals surface area contributed by atoms with Crippen molar-refractivity contribution in [2.24, 2.45) is 15.9 Å². The zero-order chi connectivity index (χ0) is 17.4.